The molecule has 0 saturated heterocycles. The molecule has 0 aromatic rings. The number of aliphatic hydroxyl groups is 2. The SMILES string of the molecule is CCCCCCCC/C=C\CCCCCCCCCCCC(=O)OCCCCCCCCCCC/C=C\C/C=C\CCCCCCCCCC(=O)NC(CO)C(O)/C=C/CCCCCCCCCCCCCC. The summed E-state index contributed by atoms with van der Waals surface area (Å²) in [6.07, 6.45) is 80.2. The Hall–Kier alpha value is -2.18. The Morgan fingerprint density at radius 3 is 1.05 bits per heavy atom. The largest absolute Gasteiger partial charge is 0.466 e. The van der Waals surface area contributed by atoms with Crippen molar-refractivity contribution in [3.05, 3.63) is 48.6 Å². The fourth-order valence-corrected chi connectivity index (χ4v) is 9.84. The summed E-state index contributed by atoms with van der Waals surface area (Å²) in [6, 6.07) is -0.636. The molecule has 6 nitrogen and oxygen atoms in total. The van der Waals surface area contributed by atoms with E-state index in [1.165, 1.54) is 250 Å². The van der Waals surface area contributed by atoms with Crippen molar-refractivity contribution in [2.45, 2.75) is 353 Å². The van der Waals surface area contributed by atoms with E-state index in [9.17, 15) is 19.8 Å². The lowest BCUT2D eigenvalue weighted by Gasteiger charge is -2.20. The average molecular weight is 1020 g/mol. The normalized spacial score (nSPS) is 12.9. The number of carbonyl (C=O) groups is 2. The van der Waals surface area contributed by atoms with Crippen LogP contribution in [-0.4, -0.2) is 47.4 Å². The first kappa shape index (κ1) is 70.8. The molecule has 0 aliphatic heterocycles. The summed E-state index contributed by atoms with van der Waals surface area (Å²) in [5.41, 5.74) is 0. The Balaban J connectivity index is 3.45. The number of rotatable bonds is 60. The molecule has 0 heterocycles. The van der Waals surface area contributed by atoms with E-state index in [1.807, 2.05) is 6.08 Å². The van der Waals surface area contributed by atoms with Crippen molar-refractivity contribution in [2.75, 3.05) is 13.2 Å². The van der Waals surface area contributed by atoms with Gasteiger partial charge in [0.25, 0.3) is 0 Å². The maximum absolute atomic E-state index is 12.5. The lowest BCUT2D eigenvalue weighted by Crippen LogP contribution is -2.45. The molecule has 0 aliphatic rings. The van der Waals surface area contributed by atoms with Gasteiger partial charge in [-0.15, -0.1) is 0 Å². The van der Waals surface area contributed by atoms with Crippen LogP contribution in [0.4, 0.5) is 0 Å². The van der Waals surface area contributed by atoms with Crippen molar-refractivity contribution < 1.29 is 24.5 Å². The average Bonchev–Trinajstić information content (AvgIpc) is 3.39. The van der Waals surface area contributed by atoms with Crippen molar-refractivity contribution >= 4 is 11.9 Å². The first-order valence-electron chi connectivity index (χ1n) is 32.4. The van der Waals surface area contributed by atoms with Gasteiger partial charge in [-0.2, -0.15) is 0 Å². The number of unbranched alkanes of at least 4 members (excludes halogenated alkanes) is 43. The maximum Gasteiger partial charge on any atom is 0.305 e. The Kier molecular flexibility index (Phi) is 60.5. The minimum Gasteiger partial charge on any atom is -0.466 e. The van der Waals surface area contributed by atoms with Crippen LogP contribution in [0, 0.1) is 0 Å². The number of aliphatic hydroxyl groups excluding tert-OH is 2. The van der Waals surface area contributed by atoms with E-state index in [1.54, 1.807) is 6.08 Å². The summed E-state index contributed by atoms with van der Waals surface area (Å²) in [5, 5.41) is 23.1. The second kappa shape index (κ2) is 62.4. The second-order valence-corrected chi connectivity index (χ2v) is 22.1. The Morgan fingerprint density at radius 2 is 0.685 bits per heavy atom. The topological polar surface area (TPSA) is 95.9 Å². The summed E-state index contributed by atoms with van der Waals surface area (Å²) in [5.74, 6) is -0.0722. The molecule has 1 amide bonds. The van der Waals surface area contributed by atoms with Crippen LogP contribution in [0.25, 0.3) is 0 Å². The number of carbonyl (C=O) groups excluding carboxylic acids is 2. The predicted molar refractivity (Wildman–Crippen MR) is 319 cm³/mol. The zero-order valence-electron chi connectivity index (χ0n) is 48.9. The number of amides is 1. The monoisotopic (exact) mass is 1020 g/mol. The van der Waals surface area contributed by atoms with Crippen molar-refractivity contribution in [3.8, 4) is 0 Å². The Bertz CT molecular complexity index is 1230. The maximum atomic E-state index is 12.5. The van der Waals surface area contributed by atoms with Crippen LogP contribution in [0.15, 0.2) is 48.6 Å². The number of allylic oxidation sites excluding steroid dienone is 7. The fraction of sp³-hybridized carbons (Fsp3) is 0.851. The van der Waals surface area contributed by atoms with Gasteiger partial charge in [0.05, 0.1) is 25.4 Å². The Labute approximate surface area is 455 Å². The van der Waals surface area contributed by atoms with Crippen LogP contribution in [0.1, 0.15) is 341 Å². The standard InChI is InChI=1S/C67H125NO5/c1-3-5-7-9-11-13-15-17-19-20-26-30-33-37-41-45-49-53-57-61-67(72)73-62-58-54-50-46-42-38-34-31-28-25-23-21-22-24-27-29-32-36-40-44-48-52-56-60-66(71)68-64(63-69)65(70)59-55-51-47-43-39-35-18-16-14-12-10-8-6-4-2/h17,19,21,23-24,27,55,59,64-65,69-70H,3-16,18,20,22,25-26,28-54,56-58,60-63H2,1-2H3,(H,68,71)/b19-17-,23-21-,27-24-,59-55+. The molecule has 0 spiro atoms. The highest BCUT2D eigenvalue weighted by atomic mass is 16.5. The summed E-state index contributed by atoms with van der Waals surface area (Å²) in [7, 11) is 0. The molecule has 0 aliphatic carbocycles. The van der Waals surface area contributed by atoms with Gasteiger partial charge < -0.3 is 20.3 Å². The molecule has 2 atom stereocenters. The van der Waals surface area contributed by atoms with Crippen LogP contribution >= 0.6 is 0 Å². The van der Waals surface area contributed by atoms with Gasteiger partial charge in [-0.25, -0.2) is 0 Å². The van der Waals surface area contributed by atoms with Crippen LogP contribution in [0.3, 0.4) is 0 Å². The van der Waals surface area contributed by atoms with Gasteiger partial charge in [0.15, 0.2) is 0 Å². The molecule has 0 aromatic heterocycles. The summed E-state index contributed by atoms with van der Waals surface area (Å²) >= 11 is 0. The van der Waals surface area contributed by atoms with Gasteiger partial charge in [0.1, 0.15) is 0 Å². The minimum atomic E-state index is -0.851. The van der Waals surface area contributed by atoms with Crippen molar-refractivity contribution in [2.24, 2.45) is 0 Å². The van der Waals surface area contributed by atoms with Gasteiger partial charge in [-0.1, -0.05) is 287 Å². The van der Waals surface area contributed by atoms with E-state index < -0.39 is 12.1 Å². The van der Waals surface area contributed by atoms with E-state index in [2.05, 4.69) is 55.6 Å². The molecular weight excluding hydrogens is 899 g/mol. The fourth-order valence-electron chi connectivity index (χ4n) is 9.84. The van der Waals surface area contributed by atoms with Gasteiger partial charge in [0.2, 0.25) is 5.91 Å². The summed E-state index contributed by atoms with van der Waals surface area (Å²) in [4.78, 5) is 24.6. The Morgan fingerprint density at radius 1 is 0.384 bits per heavy atom. The van der Waals surface area contributed by atoms with E-state index in [0.717, 1.165) is 64.2 Å². The van der Waals surface area contributed by atoms with Gasteiger partial charge in [0, 0.05) is 12.8 Å². The molecular formula is C67H125NO5. The van der Waals surface area contributed by atoms with E-state index in [0.29, 0.717) is 19.4 Å². The van der Waals surface area contributed by atoms with Crippen LogP contribution < -0.4 is 5.32 Å². The van der Waals surface area contributed by atoms with Gasteiger partial charge in [-0.05, 0) is 89.9 Å². The molecule has 0 rings (SSSR count). The highest BCUT2D eigenvalue weighted by Crippen LogP contribution is 2.17. The van der Waals surface area contributed by atoms with Crippen molar-refractivity contribution in [3.63, 3.8) is 0 Å². The summed E-state index contributed by atoms with van der Waals surface area (Å²) < 4.78 is 5.50. The van der Waals surface area contributed by atoms with E-state index in [4.69, 9.17) is 4.74 Å². The van der Waals surface area contributed by atoms with Gasteiger partial charge in [-0.3, -0.25) is 9.59 Å². The van der Waals surface area contributed by atoms with Crippen molar-refractivity contribution in [1.82, 2.24) is 5.32 Å². The molecule has 0 fully saturated rings. The first-order valence-corrected chi connectivity index (χ1v) is 32.4. The molecule has 2 unspecified atom stereocenters. The van der Waals surface area contributed by atoms with Crippen molar-refractivity contribution in [1.29, 1.82) is 0 Å². The molecule has 73 heavy (non-hydrogen) atoms. The third kappa shape index (κ3) is 58.9. The smallest absolute Gasteiger partial charge is 0.305 e. The molecule has 0 aromatic carbocycles. The third-order valence-electron chi connectivity index (χ3n) is 14.8. The lowest BCUT2D eigenvalue weighted by molar-refractivity contribution is -0.143. The highest BCUT2D eigenvalue weighted by Gasteiger charge is 2.18. The van der Waals surface area contributed by atoms with E-state index in [-0.39, 0.29) is 18.5 Å². The van der Waals surface area contributed by atoms with Crippen LogP contribution in [-0.2, 0) is 14.3 Å². The van der Waals surface area contributed by atoms with E-state index >= 15 is 0 Å². The number of ether oxygens (including phenoxy) is 1. The van der Waals surface area contributed by atoms with Crippen LogP contribution in [0.2, 0.25) is 0 Å². The van der Waals surface area contributed by atoms with Crippen LogP contribution in [0.5, 0.6) is 0 Å². The quantitative estimate of drug-likeness (QED) is 0.0320. The highest BCUT2D eigenvalue weighted by molar-refractivity contribution is 5.76. The first-order chi connectivity index (χ1) is 36.0. The third-order valence-corrected chi connectivity index (χ3v) is 14.8. The minimum absolute atomic E-state index is 0.00596. The molecule has 0 saturated carbocycles. The molecule has 0 bridgehead atoms. The lowest BCUT2D eigenvalue weighted by atomic mass is 10.0. The zero-order valence-corrected chi connectivity index (χ0v) is 48.9. The molecule has 3 N–H and O–H groups in total. The number of nitrogens with one attached hydrogen (secondary N) is 1. The zero-order chi connectivity index (χ0) is 52.9. The molecule has 428 valence electrons. The molecule has 0 radical (unpaired) electrons. The summed E-state index contributed by atoms with van der Waals surface area (Å²) in [6.45, 7) is 4.90. The number of esters is 1. The van der Waals surface area contributed by atoms with Gasteiger partial charge >= 0.3 is 5.97 Å². The number of hydrogen-bond donors (Lipinski definition) is 3. The predicted octanol–water partition coefficient (Wildman–Crippen LogP) is 20.5. The number of hydrogen-bond acceptors (Lipinski definition) is 5. The second-order valence-electron chi connectivity index (χ2n) is 22.1. The molecule has 6 heteroatoms.